The van der Waals surface area contributed by atoms with Crippen molar-refractivity contribution in [3.05, 3.63) is 70.5 Å². The first-order valence-corrected chi connectivity index (χ1v) is 9.65. The molecule has 1 aromatic heterocycles. The van der Waals surface area contributed by atoms with Crippen molar-refractivity contribution >= 4 is 17.0 Å². The molecule has 1 fully saturated rings. The maximum Gasteiger partial charge on any atom is 0.420 e. The summed E-state index contributed by atoms with van der Waals surface area (Å²) in [7, 11) is 0. The summed E-state index contributed by atoms with van der Waals surface area (Å²) < 4.78 is 20.2. The number of aromatic nitrogens is 1. The van der Waals surface area contributed by atoms with E-state index in [1.165, 1.54) is 12.1 Å². The molecule has 0 radical (unpaired) electrons. The Kier molecular flexibility index (Phi) is 4.79. The predicted octanol–water partition coefficient (Wildman–Crippen LogP) is 3.75. The van der Waals surface area contributed by atoms with Crippen LogP contribution in [0.2, 0.25) is 0 Å². The smallest absolute Gasteiger partial charge is 0.408 e. The molecule has 3 aromatic rings. The van der Waals surface area contributed by atoms with Crippen LogP contribution in [0.1, 0.15) is 38.2 Å². The zero-order chi connectivity index (χ0) is 19.7. The van der Waals surface area contributed by atoms with Gasteiger partial charge >= 0.3 is 5.76 Å². The molecule has 0 spiro atoms. The number of hydrogen-bond donors (Lipinski definition) is 1. The average Bonchev–Trinajstić information content (AvgIpc) is 3.29. The molecule has 28 heavy (non-hydrogen) atoms. The number of nitrogens with zero attached hydrogens (tertiary/aromatic N) is 1. The van der Waals surface area contributed by atoms with Crippen LogP contribution in [0.3, 0.4) is 0 Å². The van der Waals surface area contributed by atoms with Gasteiger partial charge in [0.25, 0.3) is 0 Å². The Bertz CT molecular complexity index is 1050. The molecule has 1 aliphatic rings. The maximum absolute atomic E-state index is 13.3. The highest BCUT2D eigenvalue weighted by Gasteiger charge is 2.43. The first-order chi connectivity index (χ1) is 13.5. The molecule has 4 rings (SSSR count). The quantitative estimate of drug-likeness (QED) is 0.731. The molecule has 1 aliphatic carbocycles. The van der Waals surface area contributed by atoms with Gasteiger partial charge in [0, 0.05) is 12.6 Å². The van der Waals surface area contributed by atoms with Crippen LogP contribution < -0.4 is 11.1 Å². The molecule has 0 saturated heterocycles. The summed E-state index contributed by atoms with van der Waals surface area (Å²) in [4.78, 5) is 25.4. The van der Waals surface area contributed by atoms with E-state index < -0.39 is 11.2 Å². The van der Waals surface area contributed by atoms with E-state index in [1.807, 2.05) is 25.1 Å². The second-order valence-corrected chi connectivity index (χ2v) is 7.62. The zero-order valence-electron chi connectivity index (χ0n) is 15.8. The monoisotopic (exact) mass is 382 g/mol. The van der Waals surface area contributed by atoms with Crippen LogP contribution in [-0.2, 0) is 16.8 Å². The fourth-order valence-electron chi connectivity index (χ4n) is 4.26. The van der Waals surface area contributed by atoms with Gasteiger partial charge in [-0.25, -0.2) is 9.18 Å². The topological polar surface area (TPSA) is 64.2 Å². The van der Waals surface area contributed by atoms with Crippen molar-refractivity contribution in [3.8, 4) is 0 Å². The van der Waals surface area contributed by atoms with Gasteiger partial charge in [0.05, 0.1) is 10.9 Å². The van der Waals surface area contributed by atoms with Gasteiger partial charge < -0.3 is 9.73 Å². The van der Waals surface area contributed by atoms with Crippen LogP contribution in [0.4, 0.5) is 4.39 Å². The Balaban J connectivity index is 1.55. The number of amides is 1. The summed E-state index contributed by atoms with van der Waals surface area (Å²) in [6, 6.07) is 13.2. The van der Waals surface area contributed by atoms with Gasteiger partial charge in [-0.15, -0.1) is 0 Å². The fourth-order valence-corrected chi connectivity index (χ4v) is 4.26. The number of benzene rings is 2. The third-order valence-electron chi connectivity index (χ3n) is 5.70. The van der Waals surface area contributed by atoms with Crippen molar-refractivity contribution in [2.75, 3.05) is 0 Å². The minimum absolute atomic E-state index is 0.0649. The predicted molar refractivity (Wildman–Crippen MR) is 105 cm³/mol. The van der Waals surface area contributed by atoms with Crippen molar-refractivity contribution in [2.45, 2.75) is 50.6 Å². The van der Waals surface area contributed by atoms with E-state index in [4.69, 9.17) is 4.42 Å². The summed E-state index contributed by atoms with van der Waals surface area (Å²) in [6.07, 6.45) is 3.41. The van der Waals surface area contributed by atoms with Crippen molar-refractivity contribution in [3.63, 3.8) is 0 Å². The number of nitrogens with one attached hydrogen (secondary N) is 1. The van der Waals surface area contributed by atoms with E-state index in [9.17, 15) is 14.0 Å². The minimum Gasteiger partial charge on any atom is -0.408 e. The molecule has 0 aliphatic heterocycles. The fraction of sp³-hybridized carbons (Fsp3) is 0.364. The van der Waals surface area contributed by atoms with Crippen LogP contribution in [-0.4, -0.2) is 16.5 Å². The molecular weight excluding hydrogens is 359 g/mol. The number of carbonyl (C=O) groups excluding carboxylic acids is 1. The summed E-state index contributed by atoms with van der Waals surface area (Å²) in [5, 5.41) is 3.07. The normalized spacial score (nSPS) is 16.9. The maximum atomic E-state index is 13.3. The molecule has 2 aromatic carbocycles. The van der Waals surface area contributed by atoms with Crippen molar-refractivity contribution in [1.29, 1.82) is 0 Å². The van der Waals surface area contributed by atoms with Gasteiger partial charge in [0.2, 0.25) is 5.91 Å². The van der Waals surface area contributed by atoms with Crippen molar-refractivity contribution < 1.29 is 13.6 Å². The third kappa shape index (κ3) is 3.23. The lowest BCUT2D eigenvalue weighted by atomic mass is 9.78. The Labute approximate surface area is 162 Å². The Morgan fingerprint density at radius 1 is 1.18 bits per heavy atom. The van der Waals surface area contributed by atoms with Crippen LogP contribution in [0.5, 0.6) is 0 Å². The van der Waals surface area contributed by atoms with E-state index in [1.54, 1.807) is 22.8 Å². The van der Waals surface area contributed by atoms with Crippen LogP contribution in [0, 0.1) is 5.82 Å². The number of hydrogen-bond acceptors (Lipinski definition) is 3. The van der Waals surface area contributed by atoms with Crippen LogP contribution in [0.25, 0.3) is 11.1 Å². The summed E-state index contributed by atoms with van der Waals surface area (Å²) >= 11 is 0. The molecule has 1 heterocycles. The van der Waals surface area contributed by atoms with E-state index in [0.717, 1.165) is 31.2 Å². The lowest BCUT2D eigenvalue weighted by Gasteiger charge is -2.30. The van der Waals surface area contributed by atoms with Gasteiger partial charge in [-0.2, -0.15) is 0 Å². The van der Waals surface area contributed by atoms with Crippen LogP contribution >= 0.6 is 0 Å². The highest BCUT2D eigenvalue weighted by Crippen LogP contribution is 2.41. The molecule has 0 bridgehead atoms. The van der Waals surface area contributed by atoms with Gasteiger partial charge in [-0.1, -0.05) is 37.1 Å². The first kappa shape index (κ1) is 18.5. The second kappa shape index (κ2) is 7.26. The summed E-state index contributed by atoms with van der Waals surface area (Å²) in [5.41, 5.74) is 1.46. The van der Waals surface area contributed by atoms with Crippen molar-refractivity contribution in [1.82, 2.24) is 9.88 Å². The van der Waals surface area contributed by atoms with E-state index in [0.29, 0.717) is 17.6 Å². The molecule has 5 nitrogen and oxygen atoms in total. The number of fused-ring (bicyclic) bond motifs is 1. The molecule has 6 heteroatoms. The number of para-hydroxylation sites is 2. The summed E-state index contributed by atoms with van der Waals surface area (Å²) in [5.74, 6) is -0.807. The Morgan fingerprint density at radius 3 is 2.57 bits per heavy atom. The molecule has 1 saturated carbocycles. The first-order valence-electron chi connectivity index (χ1n) is 9.65. The molecule has 146 valence electrons. The zero-order valence-corrected chi connectivity index (χ0v) is 15.8. The highest BCUT2D eigenvalue weighted by atomic mass is 19.1. The molecule has 1 atom stereocenters. The van der Waals surface area contributed by atoms with Gasteiger partial charge in [0.15, 0.2) is 5.58 Å². The highest BCUT2D eigenvalue weighted by molar-refractivity contribution is 5.88. The molecule has 1 amide bonds. The van der Waals surface area contributed by atoms with E-state index in [-0.39, 0.29) is 17.8 Å². The molecular formula is C22H23FN2O3. The second-order valence-electron chi connectivity index (χ2n) is 7.62. The SMILES string of the molecule is C[C@H](Cn1c(=O)oc2ccccc21)NC(=O)C1(c2ccc(F)cc2)CCCC1. The van der Waals surface area contributed by atoms with E-state index >= 15 is 0 Å². The standard InChI is InChI=1S/C22H23FN2O3/c1-15(14-25-18-6-2-3-7-19(18)28-21(25)27)24-20(26)22(12-4-5-13-22)16-8-10-17(23)11-9-16/h2-3,6-11,15H,4-5,12-14H2,1H3,(H,24,26)/t15-/m1/s1. The lowest BCUT2D eigenvalue weighted by molar-refractivity contribution is -0.127. The van der Waals surface area contributed by atoms with Gasteiger partial charge in [-0.3, -0.25) is 9.36 Å². The number of carbonyl (C=O) groups is 1. The Hall–Kier alpha value is -2.89. The van der Waals surface area contributed by atoms with Gasteiger partial charge in [0.1, 0.15) is 5.82 Å². The lowest BCUT2D eigenvalue weighted by Crippen LogP contribution is -2.47. The number of halogens is 1. The minimum atomic E-state index is -0.634. The molecule has 0 unspecified atom stereocenters. The van der Waals surface area contributed by atoms with E-state index in [2.05, 4.69) is 5.32 Å². The summed E-state index contributed by atoms with van der Waals surface area (Å²) in [6.45, 7) is 2.19. The third-order valence-corrected chi connectivity index (χ3v) is 5.70. The number of oxazole rings is 1. The Morgan fingerprint density at radius 2 is 1.86 bits per heavy atom. The molecule has 1 N–H and O–H groups in total. The van der Waals surface area contributed by atoms with Crippen molar-refractivity contribution in [2.24, 2.45) is 0 Å². The van der Waals surface area contributed by atoms with Crippen LogP contribution in [0.15, 0.2) is 57.7 Å². The number of rotatable bonds is 5. The van der Waals surface area contributed by atoms with Gasteiger partial charge in [-0.05, 0) is 49.6 Å². The largest absolute Gasteiger partial charge is 0.420 e. The average molecular weight is 382 g/mol.